The molecule has 0 N–H and O–H groups in total. The van der Waals surface area contributed by atoms with Crippen molar-refractivity contribution in [1.82, 2.24) is 9.80 Å². The van der Waals surface area contributed by atoms with Crippen molar-refractivity contribution in [1.29, 1.82) is 0 Å². The Hall–Kier alpha value is -0.0800. The van der Waals surface area contributed by atoms with Gasteiger partial charge in [0.15, 0.2) is 0 Å². The van der Waals surface area contributed by atoms with E-state index < -0.39 is 0 Å². The fourth-order valence-corrected chi connectivity index (χ4v) is 2.76. The summed E-state index contributed by atoms with van der Waals surface area (Å²) >= 11 is 0. The molecule has 0 aliphatic carbocycles. The first-order chi connectivity index (χ1) is 7.20. The Balaban J connectivity index is 0.000000160. The molecule has 2 aliphatic heterocycles. The minimum Gasteiger partial charge on any atom is -0.306 e. The van der Waals surface area contributed by atoms with Gasteiger partial charge < -0.3 is 9.80 Å². The van der Waals surface area contributed by atoms with E-state index in [0.29, 0.717) is 10.8 Å². The molecular formula is C14H30N2. The van der Waals surface area contributed by atoms with Crippen LogP contribution in [0.4, 0.5) is 0 Å². The summed E-state index contributed by atoms with van der Waals surface area (Å²) in [6, 6.07) is 0. The molecule has 96 valence electrons. The fourth-order valence-electron chi connectivity index (χ4n) is 2.76. The molecule has 0 spiro atoms. The van der Waals surface area contributed by atoms with Gasteiger partial charge in [0.25, 0.3) is 0 Å². The lowest BCUT2D eigenvalue weighted by molar-refractivity contribution is 0.336. The number of rotatable bonds is 0. The van der Waals surface area contributed by atoms with Crippen molar-refractivity contribution in [2.75, 3.05) is 40.3 Å². The predicted molar refractivity (Wildman–Crippen MR) is 71.8 cm³/mol. The first-order valence-electron chi connectivity index (χ1n) is 6.57. The molecule has 0 radical (unpaired) electrons. The van der Waals surface area contributed by atoms with Gasteiger partial charge in [-0.2, -0.15) is 0 Å². The van der Waals surface area contributed by atoms with Crippen LogP contribution in [-0.2, 0) is 0 Å². The van der Waals surface area contributed by atoms with Gasteiger partial charge in [0, 0.05) is 13.1 Å². The summed E-state index contributed by atoms with van der Waals surface area (Å²) < 4.78 is 0. The molecule has 2 rings (SSSR count). The normalized spacial score (nSPS) is 28.9. The van der Waals surface area contributed by atoms with Crippen molar-refractivity contribution in [3.05, 3.63) is 0 Å². The molecule has 2 heterocycles. The lowest BCUT2D eigenvalue weighted by Gasteiger charge is -2.15. The lowest BCUT2D eigenvalue weighted by atomic mass is 9.93. The van der Waals surface area contributed by atoms with Crippen LogP contribution in [0.15, 0.2) is 0 Å². The standard InChI is InChI=1S/2C7H15N/c2*1-7(2)4-5-8(3)6-7/h2*4-6H2,1-3H3. The van der Waals surface area contributed by atoms with Crippen molar-refractivity contribution >= 4 is 0 Å². The molecule has 2 aliphatic rings. The summed E-state index contributed by atoms with van der Waals surface area (Å²) in [6.45, 7) is 14.4. The number of nitrogens with zero attached hydrogens (tertiary/aromatic N) is 2. The Kier molecular flexibility index (Phi) is 4.42. The molecule has 2 saturated heterocycles. The maximum absolute atomic E-state index is 2.39. The minimum absolute atomic E-state index is 0.592. The van der Waals surface area contributed by atoms with Crippen molar-refractivity contribution in [2.45, 2.75) is 40.5 Å². The molecule has 0 unspecified atom stereocenters. The van der Waals surface area contributed by atoms with Crippen LogP contribution in [0.25, 0.3) is 0 Å². The maximum Gasteiger partial charge on any atom is 0.00301 e. The Morgan fingerprint density at radius 2 is 1.00 bits per heavy atom. The van der Waals surface area contributed by atoms with E-state index in [4.69, 9.17) is 0 Å². The minimum atomic E-state index is 0.592. The number of hydrogen-bond acceptors (Lipinski definition) is 2. The monoisotopic (exact) mass is 226 g/mol. The van der Waals surface area contributed by atoms with E-state index in [-0.39, 0.29) is 0 Å². The summed E-state index contributed by atoms with van der Waals surface area (Å²) in [7, 11) is 4.38. The molecule has 0 bridgehead atoms. The van der Waals surface area contributed by atoms with Gasteiger partial charge in [0.2, 0.25) is 0 Å². The van der Waals surface area contributed by atoms with E-state index >= 15 is 0 Å². The highest BCUT2D eigenvalue weighted by Gasteiger charge is 2.26. The molecule has 0 atom stereocenters. The molecule has 16 heavy (non-hydrogen) atoms. The molecule has 0 aromatic heterocycles. The Bertz CT molecular complexity index is 197. The molecule has 0 aromatic rings. The van der Waals surface area contributed by atoms with Gasteiger partial charge in [-0.25, -0.2) is 0 Å². The van der Waals surface area contributed by atoms with E-state index in [1.54, 1.807) is 0 Å². The maximum atomic E-state index is 2.39. The second kappa shape index (κ2) is 5.05. The zero-order valence-electron chi connectivity index (χ0n) is 12.1. The van der Waals surface area contributed by atoms with Gasteiger partial charge in [-0.3, -0.25) is 0 Å². The average molecular weight is 226 g/mol. The van der Waals surface area contributed by atoms with Gasteiger partial charge in [-0.15, -0.1) is 0 Å². The van der Waals surface area contributed by atoms with Crippen LogP contribution in [0.1, 0.15) is 40.5 Å². The quantitative estimate of drug-likeness (QED) is 0.626. The highest BCUT2D eigenvalue weighted by atomic mass is 15.1. The first-order valence-corrected chi connectivity index (χ1v) is 6.57. The Morgan fingerprint density at radius 3 is 1.06 bits per heavy atom. The topological polar surface area (TPSA) is 6.48 Å². The Labute approximate surface area is 102 Å². The van der Waals surface area contributed by atoms with Gasteiger partial charge in [0.05, 0.1) is 0 Å². The molecular weight excluding hydrogens is 196 g/mol. The van der Waals surface area contributed by atoms with E-state index in [9.17, 15) is 0 Å². The van der Waals surface area contributed by atoms with Crippen molar-refractivity contribution in [3.8, 4) is 0 Å². The van der Waals surface area contributed by atoms with E-state index in [2.05, 4.69) is 51.6 Å². The summed E-state index contributed by atoms with van der Waals surface area (Å²) in [5, 5.41) is 0. The van der Waals surface area contributed by atoms with Gasteiger partial charge in [-0.05, 0) is 50.9 Å². The zero-order chi connectivity index (χ0) is 12.4. The van der Waals surface area contributed by atoms with Crippen LogP contribution in [0, 0.1) is 10.8 Å². The number of likely N-dealkylation sites (tertiary alicyclic amines) is 2. The molecule has 0 saturated carbocycles. The highest BCUT2D eigenvalue weighted by Crippen LogP contribution is 2.27. The zero-order valence-corrected chi connectivity index (χ0v) is 12.1. The van der Waals surface area contributed by atoms with Crippen LogP contribution in [0.2, 0.25) is 0 Å². The largest absolute Gasteiger partial charge is 0.306 e. The highest BCUT2D eigenvalue weighted by molar-refractivity contribution is 4.80. The SMILES string of the molecule is CN1CCC(C)(C)C1.CN1CCC(C)(C)C1. The summed E-state index contributed by atoms with van der Waals surface area (Å²) in [4.78, 5) is 4.78. The average Bonchev–Trinajstić information content (AvgIpc) is 2.56. The third kappa shape index (κ3) is 4.84. The second-order valence-electron chi connectivity index (χ2n) is 7.30. The number of hydrogen-bond donors (Lipinski definition) is 0. The third-order valence-electron chi connectivity index (χ3n) is 3.74. The van der Waals surface area contributed by atoms with Crippen LogP contribution in [-0.4, -0.2) is 50.1 Å². The van der Waals surface area contributed by atoms with E-state index in [1.807, 2.05) is 0 Å². The first kappa shape index (κ1) is 14.0. The smallest absolute Gasteiger partial charge is 0.00301 e. The lowest BCUT2D eigenvalue weighted by Crippen LogP contribution is -2.18. The van der Waals surface area contributed by atoms with Gasteiger partial charge in [-0.1, -0.05) is 27.7 Å². The molecule has 2 nitrogen and oxygen atoms in total. The fraction of sp³-hybridized carbons (Fsp3) is 1.00. The van der Waals surface area contributed by atoms with Crippen molar-refractivity contribution in [2.24, 2.45) is 10.8 Å². The van der Waals surface area contributed by atoms with Crippen molar-refractivity contribution in [3.63, 3.8) is 0 Å². The van der Waals surface area contributed by atoms with Crippen LogP contribution in [0.3, 0.4) is 0 Å². The summed E-state index contributed by atoms with van der Waals surface area (Å²) in [5.74, 6) is 0. The van der Waals surface area contributed by atoms with Crippen LogP contribution < -0.4 is 0 Å². The van der Waals surface area contributed by atoms with Crippen LogP contribution in [0.5, 0.6) is 0 Å². The molecule has 0 amide bonds. The van der Waals surface area contributed by atoms with Crippen molar-refractivity contribution < 1.29 is 0 Å². The predicted octanol–water partition coefficient (Wildman–Crippen LogP) is 2.70. The molecule has 2 heteroatoms. The summed E-state index contributed by atoms with van der Waals surface area (Å²) in [5.41, 5.74) is 1.18. The van der Waals surface area contributed by atoms with E-state index in [0.717, 1.165) is 0 Å². The van der Waals surface area contributed by atoms with E-state index in [1.165, 1.54) is 39.0 Å². The van der Waals surface area contributed by atoms with Gasteiger partial charge >= 0.3 is 0 Å². The van der Waals surface area contributed by atoms with Gasteiger partial charge in [0.1, 0.15) is 0 Å². The van der Waals surface area contributed by atoms with Crippen LogP contribution >= 0.6 is 0 Å². The Morgan fingerprint density at radius 1 is 0.688 bits per heavy atom. The molecule has 0 aromatic carbocycles. The third-order valence-corrected chi connectivity index (χ3v) is 3.74. The summed E-state index contributed by atoms with van der Waals surface area (Å²) in [6.07, 6.45) is 2.73. The second-order valence-corrected chi connectivity index (χ2v) is 7.30. The molecule has 2 fully saturated rings.